The molecule has 1 atom stereocenters. The minimum atomic E-state index is -0.844. The van der Waals surface area contributed by atoms with Crippen molar-refractivity contribution in [1.82, 2.24) is 0 Å². The first-order chi connectivity index (χ1) is 10.4. The summed E-state index contributed by atoms with van der Waals surface area (Å²) in [6.07, 6.45) is 0.764. The molecule has 0 heterocycles. The maximum absolute atomic E-state index is 11.6. The summed E-state index contributed by atoms with van der Waals surface area (Å²) in [5.74, 6) is -0.297. The van der Waals surface area contributed by atoms with Gasteiger partial charge in [-0.2, -0.15) is 0 Å². The van der Waals surface area contributed by atoms with Crippen LogP contribution in [-0.2, 0) is 9.63 Å². The molecule has 0 aliphatic carbocycles. The summed E-state index contributed by atoms with van der Waals surface area (Å²) < 4.78 is 5.01. The smallest absolute Gasteiger partial charge is 0.311 e. The highest BCUT2D eigenvalue weighted by Gasteiger charge is 2.13. The van der Waals surface area contributed by atoms with Gasteiger partial charge in [0.15, 0.2) is 0 Å². The van der Waals surface area contributed by atoms with Crippen LogP contribution in [0.3, 0.4) is 0 Å². The quantitative estimate of drug-likeness (QED) is 0.297. The molecule has 0 unspecified atom stereocenters. The Balaban J connectivity index is 2.36. The van der Waals surface area contributed by atoms with Crippen molar-refractivity contribution in [3.63, 3.8) is 0 Å². The van der Waals surface area contributed by atoms with E-state index >= 15 is 0 Å². The van der Waals surface area contributed by atoms with Crippen LogP contribution in [0.4, 0.5) is 5.69 Å². The van der Waals surface area contributed by atoms with E-state index in [-0.39, 0.29) is 17.9 Å². The van der Waals surface area contributed by atoms with E-state index < -0.39 is 22.1 Å². The van der Waals surface area contributed by atoms with Crippen LogP contribution >= 0.6 is 0 Å². The van der Waals surface area contributed by atoms with Crippen molar-refractivity contribution in [2.24, 2.45) is 0 Å². The van der Waals surface area contributed by atoms with E-state index in [0.29, 0.717) is 19.3 Å². The first-order valence-electron chi connectivity index (χ1n) is 6.68. The largest absolute Gasteiger partial charge is 0.427 e. The maximum atomic E-state index is 11.6. The van der Waals surface area contributed by atoms with Crippen molar-refractivity contribution in [2.75, 3.05) is 0 Å². The molecule has 22 heavy (non-hydrogen) atoms. The van der Waals surface area contributed by atoms with Crippen molar-refractivity contribution < 1.29 is 24.4 Å². The Morgan fingerprint density at radius 3 is 2.36 bits per heavy atom. The monoisotopic (exact) mass is 312 g/mol. The second-order valence-electron chi connectivity index (χ2n) is 4.48. The number of nitro benzene ring substituents is 1. The Morgan fingerprint density at radius 1 is 1.23 bits per heavy atom. The summed E-state index contributed by atoms with van der Waals surface area (Å²) >= 11 is 0. The van der Waals surface area contributed by atoms with Crippen molar-refractivity contribution >= 4 is 11.7 Å². The van der Waals surface area contributed by atoms with Crippen LogP contribution < -0.4 is 4.74 Å². The van der Waals surface area contributed by atoms with Crippen LogP contribution in [0.25, 0.3) is 0 Å². The maximum Gasteiger partial charge on any atom is 0.311 e. The number of benzene rings is 1. The van der Waals surface area contributed by atoms with E-state index in [1.807, 2.05) is 0 Å². The second-order valence-corrected chi connectivity index (χ2v) is 4.48. The van der Waals surface area contributed by atoms with Crippen molar-refractivity contribution in [2.45, 2.75) is 38.7 Å². The van der Waals surface area contributed by atoms with Gasteiger partial charge in [-0.05, 0) is 31.4 Å². The van der Waals surface area contributed by atoms with Gasteiger partial charge < -0.3 is 9.57 Å². The van der Waals surface area contributed by atoms with E-state index in [1.165, 1.54) is 24.3 Å². The third-order valence-electron chi connectivity index (χ3n) is 2.88. The van der Waals surface area contributed by atoms with Gasteiger partial charge in [-0.15, -0.1) is 10.1 Å². The van der Waals surface area contributed by atoms with Gasteiger partial charge >= 0.3 is 5.97 Å². The van der Waals surface area contributed by atoms with Gasteiger partial charge in [0.25, 0.3) is 10.8 Å². The predicted octanol–water partition coefficient (Wildman–Crippen LogP) is 2.66. The normalized spacial score (nSPS) is 11.5. The van der Waals surface area contributed by atoms with Crippen LogP contribution in [-0.4, -0.2) is 22.1 Å². The fourth-order valence-electron chi connectivity index (χ4n) is 1.75. The molecule has 9 nitrogen and oxygen atoms in total. The summed E-state index contributed by atoms with van der Waals surface area (Å²) in [4.78, 5) is 36.2. The molecule has 0 saturated heterocycles. The van der Waals surface area contributed by atoms with Crippen LogP contribution in [0.5, 0.6) is 5.75 Å². The number of hydrogen-bond donors (Lipinski definition) is 0. The Morgan fingerprint density at radius 2 is 1.86 bits per heavy atom. The number of hydrogen-bond acceptors (Lipinski definition) is 7. The zero-order valence-electron chi connectivity index (χ0n) is 12.0. The van der Waals surface area contributed by atoms with Gasteiger partial charge in [0, 0.05) is 18.6 Å². The average Bonchev–Trinajstić information content (AvgIpc) is 2.46. The van der Waals surface area contributed by atoms with Crippen LogP contribution in [0.15, 0.2) is 24.3 Å². The number of nitro groups is 1. The first kappa shape index (κ1) is 17.3. The lowest BCUT2D eigenvalue weighted by Gasteiger charge is -2.11. The molecular weight excluding hydrogens is 296 g/mol. The highest BCUT2D eigenvalue weighted by molar-refractivity contribution is 5.72. The number of ether oxygens (including phenoxy) is 1. The summed E-state index contributed by atoms with van der Waals surface area (Å²) in [5.41, 5.74) is -0.0949. The molecule has 0 aromatic heterocycles. The number of nitrogens with zero attached hydrogens (tertiary/aromatic N) is 2. The predicted molar refractivity (Wildman–Crippen MR) is 74.7 cm³/mol. The minimum absolute atomic E-state index is 0.0779. The van der Waals surface area contributed by atoms with Crippen LogP contribution in [0, 0.1) is 20.2 Å². The Labute approximate surface area is 126 Å². The summed E-state index contributed by atoms with van der Waals surface area (Å²) in [6, 6.07) is 5.14. The zero-order chi connectivity index (χ0) is 16.5. The highest BCUT2D eigenvalue weighted by Crippen LogP contribution is 2.18. The van der Waals surface area contributed by atoms with E-state index in [4.69, 9.17) is 4.74 Å². The molecule has 0 aliphatic rings. The number of esters is 1. The van der Waals surface area contributed by atoms with Gasteiger partial charge in [-0.25, -0.2) is 0 Å². The molecule has 1 aromatic rings. The number of carbonyl (C=O) groups is 1. The Kier molecular flexibility index (Phi) is 6.74. The third kappa shape index (κ3) is 6.16. The lowest BCUT2D eigenvalue weighted by Crippen LogP contribution is -2.17. The Bertz CT molecular complexity index is 530. The number of rotatable bonds is 9. The van der Waals surface area contributed by atoms with E-state index in [1.54, 1.807) is 6.92 Å². The molecule has 0 N–H and O–H groups in total. The van der Waals surface area contributed by atoms with E-state index in [0.717, 1.165) is 0 Å². The number of non-ortho nitro benzene ring substituents is 1. The molecular formula is C13H16N2O7. The Hall–Kier alpha value is -2.71. The summed E-state index contributed by atoms with van der Waals surface area (Å²) in [5, 5.41) is 19.9. The van der Waals surface area contributed by atoms with Gasteiger partial charge in [0.1, 0.15) is 11.9 Å². The third-order valence-corrected chi connectivity index (χ3v) is 2.88. The lowest BCUT2D eigenvalue weighted by atomic mass is 10.1. The SMILES string of the molecule is CC[C@@H](CCCC(=O)Oc1ccc([N+](=O)[O-])cc1)O[N+](=O)[O-]. The molecule has 9 heteroatoms. The molecule has 1 aromatic carbocycles. The van der Waals surface area contributed by atoms with E-state index in [9.17, 15) is 25.0 Å². The average molecular weight is 312 g/mol. The van der Waals surface area contributed by atoms with Gasteiger partial charge in [-0.3, -0.25) is 14.9 Å². The fraction of sp³-hybridized carbons (Fsp3) is 0.462. The van der Waals surface area contributed by atoms with Crippen LogP contribution in [0.2, 0.25) is 0 Å². The molecule has 1 rings (SSSR count). The van der Waals surface area contributed by atoms with Crippen LogP contribution in [0.1, 0.15) is 32.6 Å². The molecule has 0 spiro atoms. The first-order valence-corrected chi connectivity index (χ1v) is 6.68. The fourth-order valence-corrected chi connectivity index (χ4v) is 1.75. The van der Waals surface area contributed by atoms with E-state index in [2.05, 4.69) is 4.84 Å². The summed E-state index contributed by atoms with van der Waals surface area (Å²) in [6.45, 7) is 1.75. The minimum Gasteiger partial charge on any atom is -0.427 e. The molecule has 0 amide bonds. The molecule has 0 radical (unpaired) electrons. The highest BCUT2D eigenvalue weighted by atomic mass is 17.0. The van der Waals surface area contributed by atoms with Crippen molar-refractivity contribution in [3.05, 3.63) is 44.5 Å². The molecule has 0 bridgehead atoms. The standard InChI is InChI=1S/C13H16N2O7/c1-2-11(22-15(19)20)4-3-5-13(16)21-12-8-6-10(7-9-12)14(17)18/h6-9,11H,2-5H2,1H3/t11-/m0/s1. The zero-order valence-corrected chi connectivity index (χ0v) is 12.0. The molecule has 0 fully saturated rings. The topological polar surface area (TPSA) is 122 Å². The van der Waals surface area contributed by atoms with Gasteiger partial charge in [-0.1, -0.05) is 6.92 Å². The summed E-state index contributed by atoms with van der Waals surface area (Å²) in [7, 11) is 0. The van der Waals surface area contributed by atoms with Gasteiger partial charge in [0.2, 0.25) is 0 Å². The van der Waals surface area contributed by atoms with Crippen molar-refractivity contribution in [3.8, 4) is 5.75 Å². The molecule has 0 saturated carbocycles. The van der Waals surface area contributed by atoms with Crippen molar-refractivity contribution in [1.29, 1.82) is 0 Å². The molecule has 120 valence electrons. The van der Waals surface area contributed by atoms with Gasteiger partial charge in [0.05, 0.1) is 4.92 Å². The lowest BCUT2D eigenvalue weighted by molar-refractivity contribution is -0.768. The number of carbonyl (C=O) groups excluding carboxylic acids is 1. The second kappa shape index (κ2) is 8.55. The molecule has 0 aliphatic heterocycles.